The van der Waals surface area contributed by atoms with Crippen LogP contribution < -0.4 is 10.9 Å². The van der Waals surface area contributed by atoms with Gasteiger partial charge >= 0.3 is 0 Å². The zero-order valence-corrected chi connectivity index (χ0v) is 11.6. The molecule has 2 aromatic rings. The average molecular weight is 281 g/mol. The summed E-state index contributed by atoms with van der Waals surface area (Å²) in [7, 11) is 0. The van der Waals surface area contributed by atoms with Gasteiger partial charge in [0.25, 0.3) is 5.56 Å². The summed E-state index contributed by atoms with van der Waals surface area (Å²) in [6.07, 6.45) is 0.0652. The Bertz CT molecular complexity index is 751. The minimum absolute atomic E-state index is 0.0652. The molecule has 1 saturated heterocycles. The first kappa shape index (κ1) is 13.6. The standard InChI is InChI=1S/C16H15N3O2/c1-10-6-13(14(7-17)16(20)19-10)11-2-4-12(5-3-11)15-8-18-9-21-15/h2-6,15,18H,8-9H2,1H3,(H,19,20). The van der Waals surface area contributed by atoms with E-state index in [1.807, 2.05) is 36.4 Å². The van der Waals surface area contributed by atoms with Crippen LogP contribution in [0.15, 0.2) is 35.1 Å². The zero-order chi connectivity index (χ0) is 14.8. The van der Waals surface area contributed by atoms with E-state index in [9.17, 15) is 10.1 Å². The summed E-state index contributed by atoms with van der Waals surface area (Å²) < 4.78 is 5.55. The molecule has 21 heavy (non-hydrogen) atoms. The monoisotopic (exact) mass is 281 g/mol. The number of nitrogens with one attached hydrogen (secondary N) is 2. The van der Waals surface area contributed by atoms with Gasteiger partial charge in [-0.2, -0.15) is 5.26 Å². The number of pyridine rings is 1. The molecule has 0 amide bonds. The van der Waals surface area contributed by atoms with Crippen LogP contribution in [0.2, 0.25) is 0 Å². The van der Waals surface area contributed by atoms with Gasteiger partial charge in [-0.05, 0) is 24.1 Å². The highest BCUT2D eigenvalue weighted by atomic mass is 16.5. The summed E-state index contributed by atoms with van der Waals surface area (Å²) in [5.74, 6) is 0. The normalized spacial score (nSPS) is 17.6. The molecule has 106 valence electrons. The second kappa shape index (κ2) is 5.52. The lowest BCUT2D eigenvalue weighted by Gasteiger charge is -2.10. The van der Waals surface area contributed by atoms with Crippen molar-refractivity contribution in [2.75, 3.05) is 13.3 Å². The van der Waals surface area contributed by atoms with E-state index in [-0.39, 0.29) is 17.2 Å². The number of ether oxygens (including phenoxy) is 1. The van der Waals surface area contributed by atoms with Gasteiger partial charge in [0.1, 0.15) is 11.6 Å². The Hall–Kier alpha value is -2.42. The van der Waals surface area contributed by atoms with Crippen molar-refractivity contribution in [1.29, 1.82) is 5.26 Å². The third kappa shape index (κ3) is 2.59. The number of rotatable bonds is 2. The van der Waals surface area contributed by atoms with Crippen LogP contribution in [-0.4, -0.2) is 18.3 Å². The number of hydrogen-bond donors (Lipinski definition) is 2. The van der Waals surface area contributed by atoms with Crippen LogP contribution in [0, 0.1) is 18.3 Å². The first-order valence-corrected chi connectivity index (χ1v) is 6.75. The molecule has 5 heteroatoms. The maximum absolute atomic E-state index is 11.8. The third-order valence-electron chi connectivity index (χ3n) is 3.59. The van der Waals surface area contributed by atoms with Crippen molar-refractivity contribution in [2.45, 2.75) is 13.0 Å². The van der Waals surface area contributed by atoms with Crippen LogP contribution in [-0.2, 0) is 4.74 Å². The number of aryl methyl sites for hydroxylation is 1. The molecule has 0 saturated carbocycles. The molecule has 1 aliphatic heterocycles. The zero-order valence-electron chi connectivity index (χ0n) is 11.6. The number of nitriles is 1. The Balaban J connectivity index is 2.01. The lowest BCUT2D eigenvalue weighted by atomic mass is 9.98. The van der Waals surface area contributed by atoms with Gasteiger partial charge in [0, 0.05) is 17.8 Å². The van der Waals surface area contributed by atoms with Gasteiger partial charge < -0.3 is 9.72 Å². The lowest BCUT2D eigenvalue weighted by molar-refractivity contribution is 0.114. The number of H-pyrrole nitrogens is 1. The fourth-order valence-electron chi connectivity index (χ4n) is 2.53. The maximum atomic E-state index is 11.8. The molecule has 1 unspecified atom stereocenters. The topological polar surface area (TPSA) is 77.9 Å². The highest BCUT2D eigenvalue weighted by Gasteiger charge is 2.17. The molecule has 1 atom stereocenters. The smallest absolute Gasteiger partial charge is 0.266 e. The molecule has 1 fully saturated rings. The average Bonchev–Trinajstić information content (AvgIpc) is 3.01. The van der Waals surface area contributed by atoms with Crippen LogP contribution in [0.3, 0.4) is 0 Å². The Kier molecular flexibility index (Phi) is 3.57. The maximum Gasteiger partial charge on any atom is 0.266 e. The fraction of sp³-hybridized carbons (Fsp3) is 0.250. The van der Waals surface area contributed by atoms with E-state index in [2.05, 4.69) is 10.3 Å². The molecule has 0 aliphatic carbocycles. The van der Waals surface area contributed by atoms with Gasteiger partial charge in [0.05, 0.1) is 12.8 Å². The number of aromatic nitrogens is 1. The largest absolute Gasteiger partial charge is 0.357 e. The minimum Gasteiger partial charge on any atom is -0.357 e. The van der Waals surface area contributed by atoms with Crippen molar-refractivity contribution in [3.05, 3.63) is 57.5 Å². The highest BCUT2D eigenvalue weighted by Crippen LogP contribution is 2.26. The molecule has 0 spiro atoms. The van der Waals surface area contributed by atoms with E-state index in [1.54, 1.807) is 6.92 Å². The van der Waals surface area contributed by atoms with Crippen molar-refractivity contribution >= 4 is 0 Å². The molecule has 1 aromatic carbocycles. The van der Waals surface area contributed by atoms with E-state index >= 15 is 0 Å². The van der Waals surface area contributed by atoms with E-state index in [4.69, 9.17) is 4.74 Å². The first-order chi connectivity index (χ1) is 10.2. The molecule has 0 bridgehead atoms. The van der Waals surface area contributed by atoms with Crippen molar-refractivity contribution in [2.24, 2.45) is 0 Å². The van der Waals surface area contributed by atoms with Crippen LogP contribution in [0.1, 0.15) is 22.9 Å². The van der Waals surface area contributed by atoms with Crippen LogP contribution in [0.25, 0.3) is 11.1 Å². The van der Waals surface area contributed by atoms with E-state index < -0.39 is 0 Å². The number of benzene rings is 1. The summed E-state index contributed by atoms with van der Waals surface area (Å²) in [5.41, 5.74) is 3.14. The summed E-state index contributed by atoms with van der Waals surface area (Å²) >= 11 is 0. The van der Waals surface area contributed by atoms with Crippen molar-refractivity contribution in [1.82, 2.24) is 10.3 Å². The minimum atomic E-state index is -0.347. The SMILES string of the molecule is Cc1cc(-c2ccc(C3CNCO3)cc2)c(C#N)c(=O)[nH]1. The summed E-state index contributed by atoms with van der Waals surface area (Å²) in [5, 5.41) is 12.3. The Morgan fingerprint density at radius 3 is 2.71 bits per heavy atom. The molecule has 1 aliphatic rings. The van der Waals surface area contributed by atoms with Crippen molar-refractivity contribution in [3.63, 3.8) is 0 Å². The molecule has 1 aromatic heterocycles. The highest BCUT2D eigenvalue weighted by molar-refractivity contribution is 5.70. The summed E-state index contributed by atoms with van der Waals surface area (Å²) in [4.78, 5) is 14.5. The Labute approximate surface area is 122 Å². The van der Waals surface area contributed by atoms with Gasteiger partial charge in [0.15, 0.2) is 0 Å². The van der Waals surface area contributed by atoms with Gasteiger partial charge in [-0.3, -0.25) is 10.1 Å². The van der Waals surface area contributed by atoms with Gasteiger partial charge in [-0.1, -0.05) is 24.3 Å². The number of nitrogens with zero attached hydrogens (tertiary/aromatic N) is 1. The number of hydrogen-bond acceptors (Lipinski definition) is 4. The lowest BCUT2D eigenvalue weighted by Crippen LogP contribution is -2.12. The Morgan fingerprint density at radius 2 is 2.10 bits per heavy atom. The van der Waals surface area contributed by atoms with Gasteiger partial charge in [0.2, 0.25) is 0 Å². The molecule has 0 radical (unpaired) electrons. The molecule has 2 heterocycles. The molecular weight excluding hydrogens is 266 g/mol. The molecule has 5 nitrogen and oxygen atoms in total. The Morgan fingerprint density at radius 1 is 1.33 bits per heavy atom. The van der Waals surface area contributed by atoms with E-state index in [0.717, 1.165) is 23.4 Å². The predicted octanol–water partition coefficient (Wildman–Crippen LogP) is 1.84. The molecule has 3 rings (SSSR count). The second-order valence-corrected chi connectivity index (χ2v) is 5.06. The predicted molar refractivity (Wildman–Crippen MR) is 78.6 cm³/mol. The molecule has 2 N–H and O–H groups in total. The molecular formula is C16H15N3O2. The first-order valence-electron chi connectivity index (χ1n) is 6.75. The van der Waals surface area contributed by atoms with E-state index in [0.29, 0.717) is 12.3 Å². The van der Waals surface area contributed by atoms with Crippen molar-refractivity contribution in [3.8, 4) is 17.2 Å². The second-order valence-electron chi connectivity index (χ2n) is 5.06. The van der Waals surface area contributed by atoms with Gasteiger partial charge in [-0.15, -0.1) is 0 Å². The summed E-state index contributed by atoms with van der Waals surface area (Å²) in [6.45, 7) is 3.17. The summed E-state index contributed by atoms with van der Waals surface area (Å²) in [6, 6.07) is 11.6. The van der Waals surface area contributed by atoms with Crippen molar-refractivity contribution < 1.29 is 4.74 Å². The van der Waals surface area contributed by atoms with Crippen LogP contribution >= 0.6 is 0 Å². The quantitative estimate of drug-likeness (QED) is 0.880. The van der Waals surface area contributed by atoms with Crippen LogP contribution in [0.5, 0.6) is 0 Å². The van der Waals surface area contributed by atoms with Crippen LogP contribution in [0.4, 0.5) is 0 Å². The van der Waals surface area contributed by atoms with Gasteiger partial charge in [-0.25, -0.2) is 0 Å². The fourth-order valence-corrected chi connectivity index (χ4v) is 2.53. The third-order valence-corrected chi connectivity index (χ3v) is 3.59. The van der Waals surface area contributed by atoms with E-state index in [1.165, 1.54) is 0 Å². The number of aromatic amines is 1.